The van der Waals surface area contributed by atoms with Crippen molar-refractivity contribution in [2.24, 2.45) is 0 Å². The number of thiazole rings is 1. The zero-order valence-corrected chi connectivity index (χ0v) is 18.4. The van der Waals surface area contributed by atoms with Gasteiger partial charge in [-0.25, -0.2) is 4.98 Å². The SMILES string of the molecule is Cc1nc(N2CCOCC2)sc1C(=O)NNC(=O)c1cnn(Cc2ccccc2Cl)c1. The van der Waals surface area contributed by atoms with Crippen molar-refractivity contribution in [1.29, 1.82) is 0 Å². The molecule has 2 amide bonds. The van der Waals surface area contributed by atoms with Gasteiger partial charge >= 0.3 is 0 Å². The van der Waals surface area contributed by atoms with Gasteiger partial charge in [0, 0.05) is 24.3 Å². The molecule has 0 spiro atoms. The molecule has 4 rings (SSSR count). The maximum atomic E-state index is 12.5. The van der Waals surface area contributed by atoms with Gasteiger partial charge in [-0.2, -0.15) is 5.10 Å². The Balaban J connectivity index is 1.35. The van der Waals surface area contributed by atoms with E-state index in [2.05, 4.69) is 25.8 Å². The second-order valence-electron chi connectivity index (χ2n) is 6.94. The van der Waals surface area contributed by atoms with Gasteiger partial charge in [-0.1, -0.05) is 41.1 Å². The van der Waals surface area contributed by atoms with E-state index in [1.165, 1.54) is 17.5 Å². The van der Waals surface area contributed by atoms with Crippen LogP contribution in [0.1, 0.15) is 31.3 Å². The van der Waals surface area contributed by atoms with E-state index in [1.807, 2.05) is 18.2 Å². The largest absolute Gasteiger partial charge is 0.378 e. The predicted molar refractivity (Wildman–Crippen MR) is 118 cm³/mol. The highest BCUT2D eigenvalue weighted by Gasteiger charge is 2.21. The molecule has 31 heavy (non-hydrogen) atoms. The van der Waals surface area contributed by atoms with Gasteiger partial charge in [0.05, 0.1) is 37.2 Å². The van der Waals surface area contributed by atoms with E-state index in [9.17, 15) is 9.59 Å². The zero-order chi connectivity index (χ0) is 21.8. The van der Waals surface area contributed by atoms with Gasteiger partial charge in [-0.3, -0.25) is 25.1 Å². The van der Waals surface area contributed by atoms with Crippen molar-refractivity contribution in [2.45, 2.75) is 13.5 Å². The summed E-state index contributed by atoms with van der Waals surface area (Å²) in [6, 6.07) is 7.44. The van der Waals surface area contributed by atoms with Crippen LogP contribution >= 0.6 is 22.9 Å². The summed E-state index contributed by atoms with van der Waals surface area (Å²) in [5.74, 6) is -0.874. The maximum Gasteiger partial charge on any atom is 0.281 e. The standard InChI is InChI=1S/C20H21ClN6O3S/c1-13-17(31-20(23-13)26-6-8-30-9-7-26)19(29)25-24-18(28)15-10-22-27(12-15)11-14-4-2-3-5-16(14)21/h2-5,10,12H,6-9,11H2,1H3,(H,24,28)(H,25,29). The number of carbonyl (C=O) groups is 2. The summed E-state index contributed by atoms with van der Waals surface area (Å²) in [6.45, 7) is 4.96. The number of nitrogens with one attached hydrogen (secondary N) is 2. The van der Waals surface area contributed by atoms with Crippen molar-refractivity contribution in [1.82, 2.24) is 25.6 Å². The highest BCUT2D eigenvalue weighted by Crippen LogP contribution is 2.26. The van der Waals surface area contributed by atoms with Crippen LogP contribution in [0.25, 0.3) is 0 Å². The molecule has 0 unspecified atom stereocenters. The third-order valence-electron chi connectivity index (χ3n) is 4.75. The number of hydrogen-bond donors (Lipinski definition) is 2. The Labute approximate surface area is 187 Å². The molecule has 0 atom stereocenters. The van der Waals surface area contributed by atoms with E-state index in [0.717, 1.165) is 23.8 Å². The first-order chi connectivity index (χ1) is 15.0. The number of hydrazine groups is 1. The highest BCUT2D eigenvalue weighted by molar-refractivity contribution is 7.17. The fourth-order valence-corrected chi connectivity index (χ4v) is 4.30. The molecule has 9 nitrogen and oxygen atoms in total. The summed E-state index contributed by atoms with van der Waals surface area (Å²) in [5.41, 5.74) is 6.71. The van der Waals surface area contributed by atoms with Crippen molar-refractivity contribution in [3.63, 3.8) is 0 Å². The Bertz CT molecular complexity index is 1090. The summed E-state index contributed by atoms with van der Waals surface area (Å²) >= 11 is 7.46. The monoisotopic (exact) mass is 460 g/mol. The molecule has 0 saturated carbocycles. The lowest BCUT2D eigenvalue weighted by Gasteiger charge is -2.25. The van der Waals surface area contributed by atoms with E-state index in [1.54, 1.807) is 23.9 Å². The summed E-state index contributed by atoms with van der Waals surface area (Å²) in [7, 11) is 0. The number of benzene rings is 1. The summed E-state index contributed by atoms with van der Waals surface area (Å²) in [5, 5.41) is 5.60. The molecule has 1 fully saturated rings. The predicted octanol–water partition coefficient (Wildman–Crippen LogP) is 2.26. The first-order valence-electron chi connectivity index (χ1n) is 9.68. The van der Waals surface area contributed by atoms with E-state index < -0.39 is 11.8 Å². The van der Waals surface area contributed by atoms with Crippen molar-refractivity contribution in [2.75, 3.05) is 31.2 Å². The number of halogens is 1. The van der Waals surface area contributed by atoms with Gasteiger partial charge in [0.25, 0.3) is 11.8 Å². The number of hydrogen-bond acceptors (Lipinski definition) is 7. The molecule has 1 aromatic carbocycles. The molecule has 0 aliphatic carbocycles. The van der Waals surface area contributed by atoms with Gasteiger partial charge in [0.2, 0.25) is 0 Å². The van der Waals surface area contributed by atoms with Crippen LogP contribution in [-0.4, -0.2) is 52.9 Å². The van der Waals surface area contributed by atoms with Crippen LogP contribution in [-0.2, 0) is 11.3 Å². The minimum atomic E-state index is -0.464. The van der Waals surface area contributed by atoms with Gasteiger partial charge < -0.3 is 9.64 Å². The smallest absolute Gasteiger partial charge is 0.281 e. The Hall–Kier alpha value is -2.95. The zero-order valence-electron chi connectivity index (χ0n) is 16.8. The molecule has 11 heteroatoms. The maximum absolute atomic E-state index is 12.5. The van der Waals surface area contributed by atoms with Crippen LogP contribution in [0.5, 0.6) is 0 Å². The minimum absolute atomic E-state index is 0.322. The first kappa shape index (κ1) is 21.3. The van der Waals surface area contributed by atoms with Gasteiger partial charge in [0.1, 0.15) is 4.88 Å². The molecule has 1 saturated heterocycles. The van der Waals surface area contributed by atoms with Crippen molar-refractivity contribution in [3.05, 3.63) is 63.4 Å². The summed E-state index contributed by atoms with van der Waals surface area (Å²) in [6.07, 6.45) is 3.03. The van der Waals surface area contributed by atoms with Gasteiger partial charge in [-0.15, -0.1) is 0 Å². The third kappa shape index (κ3) is 5.04. The highest BCUT2D eigenvalue weighted by atomic mass is 35.5. The number of ether oxygens (including phenoxy) is 1. The fourth-order valence-electron chi connectivity index (χ4n) is 3.09. The number of nitrogens with zero attached hydrogens (tertiary/aromatic N) is 4. The third-order valence-corrected chi connectivity index (χ3v) is 6.33. The number of aryl methyl sites for hydroxylation is 1. The number of rotatable bonds is 5. The molecule has 2 N–H and O–H groups in total. The van der Waals surface area contributed by atoms with Crippen LogP contribution in [0.2, 0.25) is 5.02 Å². The molecular weight excluding hydrogens is 440 g/mol. The molecule has 0 bridgehead atoms. The molecule has 3 aromatic rings. The Morgan fingerprint density at radius 3 is 2.71 bits per heavy atom. The van der Waals surface area contributed by atoms with Crippen LogP contribution in [0, 0.1) is 6.92 Å². The lowest BCUT2D eigenvalue weighted by molar-refractivity contribution is 0.0848. The summed E-state index contributed by atoms with van der Waals surface area (Å²) < 4.78 is 6.96. The summed E-state index contributed by atoms with van der Waals surface area (Å²) in [4.78, 5) is 32.0. The van der Waals surface area contributed by atoms with Gasteiger partial charge in [0.15, 0.2) is 5.13 Å². The number of aromatic nitrogens is 3. The van der Waals surface area contributed by atoms with Crippen molar-refractivity contribution < 1.29 is 14.3 Å². The molecule has 0 radical (unpaired) electrons. The minimum Gasteiger partial charge on any atom is -0.378 e. The number of anilines is 1. The lowest BCUT2D eigenvalue weighted by atomic mass is 10.2. The Morgan fingerprint density at radius 1 is 1.19 bits per heavy atom. The fraction of sp³-hybridized carbons (Fsp3) is 0.300. The second-order valence-corrected chi connectivity index (χ2v) is 8.32. The van der Waals surface area contributed by atoms with Crippen LogP contribution in [0.15, 0.2) is 36.7 Å². The number of carbonyl (C=O) groups excluding carboxylic acids is 2. The Kier molecular flexibility index (Phi) is 6.50. The Morgan fingerprint density at radius 2 is 1.94 bits per heavy atom. The van der Waals surface area contributed by atoms with E-state index in [-0.39, 0.29) is 0 Å². The second kappa shape index (κ2) is 9.46. The molecule has 3 heterocycles. The quantitative estimate of drug-likeness (QED) is 0.566. The van der Waals surface area contributed by atoms with Crippen LogP contribution < -0.4 is 15.8 Å². The van der Waals surface area contributed by atoms with Crippen LogP contribution in [0.3, 0.4) is 0 Å². The van der Waals surface area contributed by atoms with E-state index in [4.69, 9.17) is 16.3 Å². The van der Waals surface area contributed by atoms with E-state index >= 15 is 0 Å². The molecule has 1 aliphatic heterocycles. The van der Waals surface area contributed by atoms with E-state index in [0.29, 0.717) is 40.9 Å². The normalized spacial score (nSPS) is 13.8. The lowest BCUT2D eigenvalue weighted by Crippen LogP contribution is -2.41. The molecule has 162 valence electrons. The van der Waals surface area contributed by atoms with Crippen molar-refractivity contribution >= 4 is 39.9 Å². The van der Waals surface area contributed by atoms with Crippen molar-refractivity contribution in [3.8, 4) is 0 Å². The average Bonchev–Trinajstić information content (AvgIpc) is 3.41. The average molecular weight is 461 g/mol. The molecule has 2 aromatic heterocycles. The first-order valence-corrected chi connectivity index (χ1v) is 10.9. The topological polar surface area (TPSA) is 101 Å². The molecular formula is C20H21ClN6O3S. The molecule has 1 aliphatic rings. The number of amides is 2. The van der Waals surface area contributed by atoms with Crippen LogP contribution in [0.4, 0.5) is 5.13 Å². The van der Waals surface area contributed by atoms with Gasteiger partial charge in [-0.05, 0) is 18.6 Å². The number of morpholine rings is 1.